The highest BCUT2D eigenvalue weighted by atomic mass is 79.9. The molecule has 19 heavy (non-hydrogen) atoms. The van der Waals surface area contributed by atoms with Crippen molar-refractivity contribution in [1.29, 1.82) is 0 Å². The quantitative estimate of drug-likeness (QED) is 0.803. The minimum atomic E-state index is -0.675. The standard InChI is InChI=1S/C12H14BrN3O2S/c13-8-1-6-19-9(8)7-16-10(17)12(15-11(16)18)2-4-14-5-3-12/h1,6,14H,2-5,7H2,(H,15,18). The first-order valence-electron chi connectivity index (χ1n) is 6.19. The van der Waals surface area contributed by atoms with Gasteiger partial charge in [-0.3, -0.25) is 9.69 Å². The molecule has 3 amide bonds. The number of piperidine rings is 1. The van der Waals surface area contributed by atoms with Gasteiger partial charge in [-0.1, -0.05) is 0 Å². The molecule has 3 heterocycles. The third kappa shape index (κ3) is 2.19. The van der Waals surface area contributed by atoms with Crippen LogP contribution in [-0.4, -0.2) is 35.5 Å². The Balaban J connectivity index is 1.81. The van der Waals surface area contributed by atoms with Gasteiger partial charge >= 0.3 is 6.03 Å². The number of thiophene rings is 1. The molecule has 2 saturated heterocycles. The molecular weight excluding hydrogens is 330 g/mol. The summed E-state index contributed by atoms with van der Waals surface area (Å²) in [5, 5.41) is 8.04. The van der Waals surface area contributed by atoms with Crippen molar-refractivity contribution in [3.05, 3.63) is 20.8 Å². The van der Waals surface area contributed by atoms with Gasteiger partial charge in [0.15, 0.2) is 0 Å². The molecule has 0 bridgehead atoms. The van der Waals surface area contributed by atoms with Crippen molar-refractivity contribution in [2.75, 3.05) is 13.1 Å². The van der Waals surface area contributed by atoms with E-state index < -0.39 is 5.54 Å². The summed E-state index contributed by atoms with van der Waals surface area (Å²) >= 11 is 4.97. The van der Waals surface area contributed by atoms with Gasteiger partial charge in [-0.25, -0.2) is 4.79 Å². The number of hydrogen-bond acceptors (Lipinski definition) is 4. The molecule has 2 N–H and O–H groups in total. The van der Waals surface area contributed by atoms with Crippen LogP contribution in [0.1, 0.15) is 17.7 Å². The zero-order valence-electron chi connectivity index (χ0n) is 10.2. The number of imide groups is 1. The van der Waals surface area contributed by atoms with Crippen molar-refractivity contribution in [2.24, 2.45) is 0 Å². The summed E-state index contributed by atoms with van der Waals surface area (Å²) in [6.45, 7) is 1.88. The average molecular weight is 344 g/mol. The molecule has 3 rings (SSSR count). The number of rotatable bonds is 2. The van der Waals surface area contributed by atoms with Crippen molar-refractivity contribution < 1.29 is 9.59 Å². The summed E-state index contributed by atoms with van der Waals surface area (Å²) in [5.74, 6) is -0.0840. The van der Waals surface area contributed by atoms with Crippen molar-refractivity contribution >= 4 is 39.2 Å². The molecule has 0 unspecified atom stereocenters. The fourth-order valence-corrected chi connectivity index (χ4v) is 4.06. The fraction of sp³-hybridized carbons (Fsp3) is 0.500. The van der Waals surface area contributed by atoms with E-state index in [-0.39, 0.29) is 11.9 Å². The summed E-state index contributed by atoms with van der Waals surface area (Å²) in [7, 11) is 0. The van der Waals surface area contributed by atoms with Crippen LogP contribution in [0.15, 0.2) is 15.9 Å². The largest absolute Gasteiger partial charge is 0.325 e. The third-order valence-electron chi connectivity index (χ3n) is 3.70. The second kappa shape index (κ2) is 4.88. The van der Waals surface area contributed by atoms with E-state index in [0.29, 0.717) is 19.4 Å². The zero-order valence-corrected chi connectivity index (χ0v) is 12.6. The van der Waals surface area contributed by atoms with E-state index in [2.05, 4.69) is 26.6 Å². The molecule has 2 aliphatic heterocycles. The summed E-state index contributed by atoms with van der Waals surface area (Å²) in [6.07, 6.45) is 1.33. The fourth-order valence-electron chi connectivity index (χ4n) is 2.59. The molecule has 7 heteroatoms. The Morgan fingerprint density at radius 3 is 2.74 bits per heavy atom. The number of nitrogens with one attached hydrogen (secondary N) is 2. The molecule has 102 valence electrons. The smallest absolute Gasteiger partial charge is 0.323 e. The van der Waals surface area contributed by atoms with E-state index in [1.165, 1.54) is 4.90 Å². The van der Waals surface area contributed by atoms with Gasteiger partial charge in [0.25, 0.3) is 5.91 Å². The maximum Gasteiger partial charge on any atom is 0.325 e. The summed E-state index contributed by atoms with van der Waals surface area (Å²) in [4.78, 5) is 26.9. The number of amides is 3. The van der Waals surface area contributed by atoms with Gasteiger partial charge in [0.2, 0.25) is 0 Å². The highest BCUT2D eigenvalue weighted by molar-refractivity contribution is 9.10. The Kier molecular flexibility index (Phi) is 3.36. The second-order valence-electron chi connectivity index (χ2n) is 4.85. The van der Waals surface area contributed by atoms with Gasteiger partial charge in [0.05, 0.1) is 6.54 Å². The molecule has 2 aliphatic rings. The predicted molar refractivity (Wildman–Crippen MR) is 75.9 cm³/mol. The molecule has 0 aromatic carbocycles. The van der Waals surface area contributed by atoms with E-state index in [9.17, 15) is 9.59 Å². The van der Waals surface area contributed by atoms with Crippen LogP contribution < -0.4 is 10.6 Å². The molecule has 0 atom stereocenters. The van der Waals surface area contributed by atoms with E-state index >= 15 is 0 Å². The van der Waals surface area contributed by atoms with E-state index in [1.54, 1.807) is 11.3 Å². The number of hydrogen-bond donors (Lipinski definition) is 2. The lowest BCUT2D eigenvalue weighted by Crippen LogP contribution is -2.53. The van der Waals surface area contributed by atoms with Crippen LogP contribution in [0.2, 0.25) is 0 Å². The Labute approximate surface area is 123 Å². The number of carbonyl (C=O) groups is 2. The molecule has 5 nitrogen and oxygen atoms in total. The lowest BCUT2D eigenvalue weighted by molar-refractivity contribution is -0.132. The molecule has 1 aromatic heterocycles. The summed E-state index contributed by atoms with van der Waals surface area (Å²) in [5.41, 5.74) is -0.675. The van der Waals surface area contributed by atoms with Crippen LogP contribution >= 0.6 is 27.3 Å². The number of halogens is 1. The number of carbonyl (C=O) groups excluding carboxylic acids is 2. The first-order valence-corrected chi connectivity index (χ1v) is 7.86. The minimum Gasteiger partial charge on any atom is -0.323 e. The first kappa shape index (κ1) is 13.1. The maximum absolute atomic E-state index is 12.5. The van der Waals surface area contributed by atoms with Crippen LogP contribution in [0.4, 0.5) is 4.79 Å². The van der Waals surface area contributed by atoms with Crippen LogP contribution in [0.25, 0.3) is 0 Å². The van der Waals surface area contributed by atoms with E-state index in [0.717, 1.165) is 22.4 Å². The molecular formula is C12H14BrN3O2S. The minimum absolute atomic E-state index is 0.0840. The Morgan fingerprint density at radius 1 is 1.37 bits per heavy atom. The third-order valence-corrected chi connectivity index (χ3v) is 5.61. The van der Waals surface area contributed by atoms with Crippen LogP contribution in [0.3, 0.4) is 0 Å². The van der Waals surface area contributed by atoms with Gasteiger partial charge in [0.1, 0.15) is 5.54 Å². The molecule has 0 aliphatic carbocycles. The van der Waals surface area contributed by atoms with Gasteiger partial charge in [-0.15, -0.1) is 11.3 Å². The molecule has 0 saturated carbocycles. The topological polar surface area (TPSA) is 61.4 Å². The Morgan fingerprint density at radius 2 is 2.11 bits per heavy atom. The Bertz CT molecular complexity index is 525. The van der Waals surface area contributed by atoms with E-state index in [1.807, 2.05) is 11.4 Å². The van der Waals surface area contributed by atoms with Gasteiger partial charge in [-0.2, -0.15) is 0 Å². The van der Waals surface area contributed by atoms with Crippen molar-refractivity contribution in [2.45, 2.75) is 24.9 Å². The SMILES string of the molecule is O=C1NC2(CCNCC2)C(=O)N1Cc1sccc1Br. The van der Waals surface area contributed by atoms with Crippen LogP contribution in [0, 0.1) is 0 Å². The predicted octanol–water partition coefficient (Wildman–Crippen LogP) is 1.68. The highest BCUT2D eigenvalue weighted by Crippen LogP contribution is 2.30. The number of urea groups is 1. The van der Waals surface area contributed by atoms with Gasteiger partial charge in [-0.05, 0) is 53.3 Å². The van der Waals surface area contributed by atoms with Crippen LogP contribution in [0.5, 0.6) is 0 Å². The van der Waals surface area contributed by atoms with Gasteiger partial charge in [0, 0.05) is 9.35 Å². The molecule has 2 fully saturated rings. The zero-order chi connectivity index (χ0) is 13.5. The summed E-state index contributed by atoms with van der Waals surface area (Å²) < 4.78 is 0.948. The van der Waals surface area contributed by atoms with Crippen LogP contribution in [-0.2, 0) is 11.3 Å². The molecule has 1 spiro atoms. The maximum atomic E-state index is 12.5. The molecule has 1 aromatic rings. The molecule has 0 radical (unpaired) electrons. The number of nitrogens with zero attached hydrogens (tertiary/aromatic N) is 1. The second-order valence-corrected chi connectivity index (χ2v) is 6.70. The first-order chi connectivity index (χ1) is 9.12. The monoisotopic (exact) mass is 343 g/mol. The lowest BCUT2D eigenvalue weighted by atomic mass is 9.88. The average Bonchev–Trinajstić information content (AvgIpc) is 2.89. The van der Waals surface area contributed by atoms with E-state index in [4.69, 9.17) is 0 Å². The highest BCUT2D eigenvalue weighted by Gasteiger charge is 2.51. The van der Waals surface area contributed by atoms with Gasteiger partial charge < -0.3 is 10.6 Å². The van der Waals surface area contributed by atoms with Crippen molar-refractivity contribution in [3.63, 3.8) is 0 Å². The van der Waals surface area contributed by atoms with Crippen molar-refractivity contribution in [1.82, 2.24) is 15.5 Å². The summed E-state index contributed by atoms with van der Waals surface area (Å²) in [6, 6.07) is 1.66. The normalized spacial score (nSPS) is 22.1. The lowest BCUT2D eigenvalue weighted by Gasteiger charge is -2.31. The van der Waals surface area contributed by atoms with Crippen molar-refractivity contribution in [3.8, 4) is 0 Å². The Hall–Kier alpha value is -0.920.